The Morgan fingerprint density at radius 2 is 1.71 bits per heavy atom. The van der Waals surface area contributed by atoms with Gasteiger partial charge in [-0.3, -0.25) is 19.7 Å². The minimum absolute atomic E-state index is 0.0300. The summed E-state index contributed by atoms with van der Waals surface area (Å²) in [5.74, 6) is -0.580. The first-order valence-corrected chi connectivity index (χ1v) is 10.7. The van der Waals surface area contributed by atoms with Crippen LogP contribution in [0.4, 0.5) is 5.69 Å². The highest BCUT2D eigenvalue weighted by Crippen LogP contribution is 2.55. The van der Waals surface area contributed by atoms with Gasteiger partial charge in [-0.05, 0) is 31.2 Å². The van der Waals surface area contributed by atoms with Gasteiger partial charge in [0.2, 0.25) is 0 Å². The van der Waals surface area contributed by atoms with E-state index in [1.165, 1.54) is 12.1 Å². The standard InChI is InChI=1S/C25H20N2O4/c28-20-10-4-9-19-22(20)21(14-5-3-6-16(13-14)27(30)31)23-24(26(19)15-11-12-15)17-7-1-2-8-18(17)25(23)29/h1-3,5-8,13,15,21H,4,9-12H2. The Morgan fingerprint density at radius 3 is 2.45 bits per heavy atom. The van der Waals surface area contributed by atoms with Crippen LogP contribution in [-0.2, 0) is 4.79 Å². The quantitative estimate of drug-likeness (QED) is 0.536. The lowest BCUT2D eigenvalue weighted by Gasteiger charge is -2.41. The summed E-state index contributed by atoms with van der Waals surface area (Å²) < 4.78 is 0. The minimum atomic E-state index is -0.562. The third-order valence-corrected chi connectivity index (χ3v) is 6.79. The lowest BCUT2D eigenvalue weighted by atomic mass is 9.74. The minimum Gasteiger partial charge on any atom is -0.341 e. The second kappa shape index (κ2) is 6.48. The molecular weight excluding hydrogens is 392 g/mol. The average Bonchev–Trinajstić information content (AvgIpc) is 3.58. The SMILES string of the molecule is O=C1CCCC2=C1C(c1cccc([N+](=O)[O-])c1)C1=C(c3ccccc3C1=O)N2C1CC1. The van der Waals surface area contributed by atoms with E-state index in [4.69, 9.17) is 0 Å². The number of allylic oxidation sites excluding steroid dienone is 3. The summed E-state index contributed by atoms with van der Waals surface area (Å²) in [6.07, 6.45) is 4.11. The molecule has 1 heterocycles. The van der Waals surface area contributed by atoms with Crippen LogP contribution in [0.2, 0.25) is 0 Å². The molecule has 31 heavy (non-hydrogen) atoms. The van der Waals surface area contributed by atoms with Gasteiger partial charge in [0.05, 0.1) is 10.6 Å². The van der Waals surface area contributed by atoms with Crippen LogP contribution >= 0.6 is 0 Å². The molecule has 2 aromatic rings. The number of carbonyl (C=O) groups is 2. The number of hydrogen-bond donors (Lipinski definition) is 0. The topological polar surface area (TPSA) is 80.5 Å². The Morgan fingerprint density at radius 1 is 0.935 bits per heavy atom. The Bertz CT molecular complexity index is 1250. The molecule has 0 spiro atoms. The van der Waals surface area contributed by atoms with Gasteiger partial charge < -0.3 is 4.90 Å². The zero-order valence-electron chi connectivity index (χ0n) is 16.8. The second-order valence-electron chi connectivity index (χ2n) is 8.66. The fourth-order valence-electron chi connectivity index (χ4n) is 5.40. The molecule has 154 valence electrons. The summed E-state index contributed by atoms with van der Waals surface area (Å²) in [6, 6.07) is 14.3. The van der Waals surface area contributed by atoms with E-state index in [9.17, 15) is 19.7 Å². The van der Waals surface area contributed by atoms with Crippen LogP contribution in [0.15, 0.2) is 65.4 Å². The van der Waals surface area contributed by atoms with Gasteiger partial charge in [0.1, 0.15) is 0 Å². The van der Waals surface area contributed by atoms with Crippen molar-refractivity contribution in [1.82, 2.24) is 4.90 Å². The molecule has 4 aliphatic rings. The van der Waals surface area contributed by atoms with Gasteiger partial charge in [-0.1, -0.05) is 36.4 Å². The third-order valence-electron chi connectivity index (χ3n) is 6.79. The first-order chi connectivity index (χ1) is 15.1. The Balaban J connectivity index is 1.65. The van der Waals surface area contributed by atoms with Crippen molar-refractivity contribution < 1.29 is 14.5 Å². The van der Waals surface area contributed by atoms with Gasteiger partial charge in [0.25, 0.3) is 5.69 Å². The van der Waals surface area contributed by atoms with Crippen LogP contribution in [0.3, 0.4) is 0 Å². The number of Topliss-reactive ketones (excluding diaryl/α,β-unsaturated/α-hetero) is 2. The molecule has 6 heteroatoms. The molecule has 6 rings (SSSR count). The van der Waals surface area contributed by atoms with Gasteiger partial charge in [0.15, 0.2) is 11.6 Å². The number of nitro benzene ring substituents is 1. The van der Waals surface area contributed by atoms with Crippen LogP contribution < -0.4 is 0 Å². The first-order valence-electron chi connectivity index (χ1n) is 10.7. The van der Waals surface area contributed by atoms with E-state index in [0.717, 1.165) is 42.6 Å². The number of fused-ring (bicyclic) bond motifs is 2. The van der Waals surface area contributed by atoms with Crippen LogP contribution in [0.5, 0.6) is 0 Å². The summed E-state index contributed by atoms with van der Waals surface area (Å²) in [7, 11) is 0. The molecule has 1 aliphatic heterocycles. The molecule has 0 saturated heterocycles. The number of non-ortho nitro benzene ring substituents is 1. The van der Waals surface area contributed by atoms with Crippen molar-refractivity contribution in [3.8, 4) is 0 Å². The van der Waals surface area contributed by atoms with Gasteiger partial charge in [0, 0.05) is 58.5 Å². The summed E-state index contributed by atoms with van der Waals surface area (Å²) in [5.41, 5.74) is 5.36. The number of benzene rings is 2. The number of nitrogens with zero attached hydrogens (tertiary/aromatic N) is 2. The maximum atomic E-state index is 13.7. The van der Waals surface area contributed by atoms with Crippen molar-refractivity contribution in [3.63, 3.8) is 0 Å². The van der Waals surface area contributed by atoms with Gasteiger partial charge in [-0.15, -0.1) is 0 Å². The van der Waals surface area contributed by atoms with Crippen LogP contribution in [0.25, 0.3) is 5.70 Å². The van der Waals surface area contributed by atoms with E-state index >= 15 is 0 Å². The number of nitro groups is 1. The molecule has 1 unspecified atom stereocenters. The molecular formula is C25H20N2O4. The molecule has 1 fully saturated rings. The Kier molecular flexibility index (Phi) is 3.81. The van der Waals surface area contributed by atoms with Gasteiger partial charge in [-0.2, -0.15) is 0 Å². The average molecular weight is 412 g/mol. The number of ketones is 2. The van der Waals surface area contributed by atoms with Crippen LogP contribution in [-0.4, -0.2) is 27.4 Å². The molecule has 1 atom stereocenters. The summed E-state index contributed by atoms with van der Waals surface area (Å²) in [6.45, 7) is 0. The van der Waals surface area contributed by atoms with Crippen molar-refractivity contribution in [3.05, 3.63) is 92.2 Å². The normalized spacial score (nSPS) is 22.5. The van der Waals surface area contributed by atoms with Crippen molar-refractivity contribution in [2.45, 2.75) is 44.1 Å². The van der Waals surface area contributed by atoms with Crippen LogP contribution in [0, 0.1) is 10.1 Å². The highest BCUT2D eigenvalue weighted by atomic mass is 16.6. The van der Waals surface area contributed by atoms with Crippen molar-refractivity contribution in [2.75, 3.05) is 0 Å². The molecule has 0 bridgehead atoms. The first kappa shape index (κ1) is 18.2. The molecule has 6 nitrogen and oxygen atoms in total. The Hall–Kier alpha value is -3.54. The highest BCUT2D eigenvalue weighted by molar-refractivity contribution is 6.23. The van der Waals surface area contributed by atoms with E-state index in [0.29, 0.717) is 34.7 Å². The van der Waals surface area contributed by atoms with Crippen LogP contribution in [0.1, 0.15) is 59.5 Å². The number of carbonyl (C=O) groups excluding carboxylic acids is 2. The predicted octanol–water partition coefficient (Wildman–Crippen LogP) is 4.77. The predicted molar refractivity (Wildman–Crippen MR) is 114 cm³/mol. The van der Waals surface area contributed by atoms with Crippen molar-refractivity contribution in [1.29, 1.82) is 0 Å². The molecule has 0 amide bonds. The zero-order valence-corrected chi connectivity index (χ0v) is 16.8. The monoisotopic (exact) mass is 412 g/mol. The molecule has 3 aliphatic carbocycles. The third kappa shape index (κ3) is 2.57. The maximum absolute atomic E-state index is 13.7. The number of rotatable bonds is 3. The number of hydrogen-bond acceptors (Lipinski definition) is 5. The smallest absolute Gasteiger partial charge is 0.269 e. The molecule has 0 N–H and O–H groups in total. The molecule has 2 aromatic carbocycles. The molecule has 1 saturated carbocycles. The lowest BCUT2D eigenvalue weighted by Crippen LogP contribution is -2.36. The summed E-state index contributed by atoms with van der Waals surface area (Å²) in [4.78, 5) is 40.2. The van der Waals surface area contributed by atoms with E-state index in [-0.39, 0.29) is 17.3 Å². The van der Waals surface area contributed by atoms with Gasteiger partial charge in [-0.25, -0.2) is 0 Å². The zero-order chi connectivity index (χ0) is 21.3. The van der Waals surface area contributed by atoms with E-state index in [1.807, 2.05) is 24.3 Å². The lowest BCUT2D eigenvalue weighted by molar-refractivity contribution is -0.384. The van der Waals surface area contributed by atoms with Crippen molar-refractivity contribution in [2.24, 2.45) is 0 Å². The maximum Gasteiger partial charge on any atom is 0.269 e. The second-order valence-corrected chi connectivity index (χ2v) is 8.66. The van der Waals surface area contributed by atoms with E-state index in [1.54, 1.807) is 12.1 Å². The fourth-order valence-corrected chi connectivity index (χ4v) is 5.40. The largest absolute Gasteiger partial charge is 0.341 e. The molecule has 0 aromatic heterocycles. The van der Waals surface area contributed by atoms with E-state index in [2.05, 4.69) is 4.90 Å². The van der Waals surface area contributed by atoms with E-state index < -0.39 is 10.8 Å². The summed E-state index contributed by atoms with van der Waals surface area (Å²) in [5, 5.41) is 11.4. The van der Waals surface area contributed by atoms with Gasteiger partial charge >= 0.3 is 0 Å². The van der Waals surface area contributed by atoms with Crippen molar-refractivity contribution >= 4 is 23.0 Å². The Labute approximate surface area is 179 Å². The fraction of sp³-hybridized carbons (Fsp3) is 0.280. The summed E-state index contributed by atoms with van der Waals surface area (Å²) >= 11 is 0. The highest BCUT2D eigenvalue weighted by Gasteiger charge is 2.49. The molecule has 0 radical (unpaired) electrons.